The van der Waals surface area contributed by atoms with E-state index in [9.17, 15) is 9.18 Å². The van der Waals surface area contributed by atoms with Crippen molar-refractivity contribution in [1.82, 2.24) is 10.2 Å². The lowest BCUT2D eigenvalue weighted by molar-refractivity contribution is 0.0669. The monoisotopic (exact) mass is 250 g/mol. The minimum absolute atomic E-state index is 0.183. The zero-order valence-corrected chi connectivity index (χ0v) is 10.7. The van der Waals surface area contributed by atoms with Crippen molar-refractivity contribution in [1.29, 1.82) is 0 Å². The Hall–Kier alpha value is -1.42. The molecule has 1 atom stereocenters. The lowest BCUT2D eigenvalue weighted by atomic mass is 9.97. The Morgan fingerprint density at radius 3 is 3.00 bits per heavy atom. The molecule has 4 heteroatoms. The maximum atomic E-state index is 13.6. The van der Waals surface area contributed by atoms with Crippen LogP contribution in [0.1, 0.15) is 23.2 Å². The summed E-state index contributed by atoms with van der Waals surface area (Å²) in [6, 6.07) is 6.19. The fourth-order valence-electron chi connectivity index (χ4n) is 2.51. The van der Waals surface area contributed by atoms with E-state index in [1.54, 1.807) is 23.1 Å². The molecule has 0 spiro atoms. The molecule has 1 fully saturated rings. The number of benzene rings is 1. The van der Waals surface area contributed by atoms with Crippen molar-refractivity contribution >= 4 is 5.91 Å². The van der Waals surface area contributed by atoms with Gasteiger partial charge < -0.3 is 10.2 Å². The van der Waals surface area contributed by atoms with Crippen molar-refractivity contribution in [3.05, 3.63) is 35.6 Å². The van der Waals surface area contributed by atoms with Crippen LogP contribution in [-0.2, 0) is 0 Å². The quantitative estimate of drug-likeness (QED) is 0.888. The smallest absolute Gasteiger partial charge is 0.256 e. The van der Waals surface area contributed by atoms with Crippen molar-refractivity contribution in [3.63, 3.8) is 0 Å². The van der Waals surface area contributed by atoms with E-state index >= 15 is 0 Å². The number of amides is 1. The normalized spacial score (nSPS) is 19.9. The molecule has 1 heterocycles. The molecule has 0 radical (unpaired) electrons. The predicted octanol–water partition coefficient (Wildman–Crippen LogP) is 1.90. The van der Waals surface area contributed by atoms with E-state index in [1.807, 2.05) is 7.05 Å². The number of nitrogens with one attached hydrogen (secondary N) is 1. The second kappa shape index (κ2) is 5.96. The van der Waals surface area contributed by atoms with Crippen LogP contribution in [0, 0.1) is 11.7 Å². The Labute approximate surface area is 107 Å². The minimum atomic E-state index is -0.432. The number of piperidine rings is 1. The van der Waals surface area contributed by atoms with Gasteiger partial charge in [-0.2, -0.15) is 0 Å². The highest BCUT2D eigenvalue weighted by molar-refractivity contribution is 5.94. The second-order valence-corrected chi connectivity index (χ2v) is 4.80. The summed E-state index contributed by atoms with van der Waals surface area (Å²) in [4.78, 5) is 14.0. The third-order valence-corrected chi connectivity index (χ3v) is 3.40. The molecule has 1 N–H and O–H groups in total. The molecule has 1 unspecified atom stereocenters. The van der Waals surface area contributed by atoms with Gasteiger partial charge in [0.15, 0.2) is 0 Å². The molecule has 0 aliphatic carbocycles. The molecule has 18 heavy (non-hydrogen) atoms. The van der Waals surface area contributed by atoms with Crippen molar-refractivity contribution in [2.45, 2.75) is 12.8 Å². The molecule has 1 aliphatic rings. The van der Waals surface area contributed by atoms with E-state index in [2.05, 4.69) is 5.32 Å². The first-order chi connectivity index (χ1) is 8.72. The summed E-state index contributed by atoms with van der Waals surface area (Å²) in [5.41, 5.74) is 0.183. The van der Waals surface area contributed by atoms with Crippen molar-refractivity contribution in [2.75, 3.05) is 26.7 Å². The first kappa shape index (κ1) is 13.0. The Morgan fingerprint density at radius 1 is 1.50 bits per heavy atom. The molecule has 2 rings (SSSR count). The Morgan fingerprint density at radius 2 is 2.28 bits per heavy atom. The van der Waals surface area contributed by atoms with E-state index in [0.29, 0.717) is 12.5 Å². The third-order valence-electron chi connectivity index (χ3n) is 3.40. The lowest BCUT2D eigenvalue weighted by Gasteiger charge is -2.32. The molecule has 1 aliphatic heterocycles. The van der Waals surface area contributed by atoms with Crippen LogP contribution in [0.15, 0.2) is 24.3 Å². The average Bonchev–Trinajstić information content (AvgIpc) is 2.39. The van der Waals surface area contributed by atoms with Gasteiger partial charge in [-0.25, -0.2) is 4.39 Å². The minimum Gasteiger partial charge on any atom is -0.338 e. The summed E-state index contributed by atoms with van der Waals surface area (Å²) in [5.74, 6) is -0.147. The van der Waals surface area contributed by atoms with Gasteiger partial charge in [0.05, 0.1) is 5.56 Å². The van der Waals surface area contributed by atoms with Crippen molar-refractivity contribution < 1.29 is 9.18 Å². The Balaban J connectivity index is 2.07. The summed E-state index contributed by atoms with van der Waals surface area (Å²) in [6.45, 7) is 2.35. The van der Waals surface area contributed by atoms with Gasteiger partial charge in [0.25, 0.3) is 5.91 Å². The number of rotatable bonds is 3. The zero-order chi connectivity index (χ0) is 13.0. The number of carbonyl (C=O) groups excluding carboxylic acids is 1. The topological polar surface area (TPSA) is 32.3 Å². The van der Waals surface area contributed by atoms with Gasteiger partial charge in [-0.05, 0) is 44.5 Å². The van der Waals surface area contributed by atoms with Crippen LogP contribution in [-0.4, -0.2) is 37.5 Å². The summed E-state index contributed by atoms with van der Waals surface area (Å²) in [6.07, 6.45) is 2.12. The summed E-state index contributed by atoms with van der Waals surface area (Å²) >= 11 is 0. The molecule has 1 amide bonds. The lowest BCUT2D eigenvalue weighted by Crippen LogP contribution is -2.42. The molecular formula is C14H19FN2O. The number of likely N-dealkylation sites (tertiary alicyclic amines) is 1. The number of carbonyl (C=O) groups is 1. The van der Waals surface area contributed by atoms with E-state index in [1.165, 1.54) is 6.07 Å². The van der Waals surface area contributed by atoms with Crippen LogP contribution in [0.5, 0.6) is 0 Å². The van der Waals surface area contributed by atoms with Gasteiger partial charge in [-0.1, -0.05) is 12.1 Å². The summed E-state index contributed by atoms with van der Waals surface area (Å²) < 4.78 is 13.6. The largest absolute Gasteiger partial charge is 0.338 e. The van der Waals surface area contributed by atoms with Crippen molar-refractivity contribution in [3.8, 4) is 0 Å². The number of hydrogen-bond donors (Lipinski definition) is 1. The first-order valence-corrected chi connectivity index (χ1v) is 6.40. The standard InChI is InChI=1S/C14H19FN2O/c1-16-9-11-5-4-8-17(10-11)14(18)12-6-2-3-7-13(12)15/h2-3,6-7,11,16H,4-5,8-10H2,1H3. The molecule has 0 aromatic heterocycles. The highest BCUT2D eigenvalue weighted by atomic mass is 19.1. The third kappa shape index (κ3) is 2.88. The number of nitrogens with zero attached hydrogens (tertiary/aromatic N) is 1. The molecule has 1 saturated heterocycles. The molecule has 3 nitrogen and oxygen atoms in total. The van der Waals surface area contributed by atoms with E-state index < -0.39 is 5.82 Å². The van der Waals surface area contributed by atoms with Crippen LogP contribution in [0.3, 0.4) is 0 Å². The molecule has 0 saturated carbocycles. The van der Waals surface area contributed by atoms with Crippen LogP contribution in [0.2, 0.25) is 0 Å². The highest BCUT2D eigenvalue weighted by Crippen LogP contribution is 2.19. The van der Waals surface area contributed by atoms with Gasteiger partial charge in [0.2, 0.25) is 0 Å². The maximum Gasteiger partial charge on any atom is 0.256 e. The van der Waals surface area contributed by atoms with E-state index in [-0.39, 0.29) is 11.5 Å². The average molecular weight is 250 g/mol. The van der Waals surface area contributed by atoms with E-state index in [4.69, 9.17) is 0 Å². The molecular weight excluding hydrogens is 231 g/mol. The first-order valence-electron chi connectivity index (χ1n) is 6.40. The van der Waals surface area contributed by atoms with Gasteiger partial charge in [-0.3, -0.25) is 4.79 Å². The fraction of sp³-hybridized carbons (Fsp3) is 0.500. The predicted molar refractivity (Wildman–Crippen MR) is 69.0 cm³/mol. The van der Waals surface area contributed by atoms with Gasteiger partial charge in [0.1, 0.15) is 5.82 Å². The van der Waals surface area contributed by atoms with Gasteiger partial charge in [0, 0.05) is 13.1 Å². The highest BCUT2D eigenvalue weighted by Gasteiger charge is 2.25. The van der Waals surface area contributed by atoms with Crippen LogP contribution in [0.25, 0.3) is 0 Å². The number of halogens is 1. The SMILES string of the molecule is CNCC1CCCN(C(=O)c2ccccc2F)C1. The van der Waals surface area contributed by atoms with Crippen molar-refractivity contribution in [2.24, 2.45) is 5.92 Å². The van der Waals surface area contributed by atoms with Crippen LogP contribution in [0.4, 0.5) is 4.39 Å². The van der Waals surface area contributed by atoms with E-state index in [0.717, 1.165) is 25.9 Å². The summed E-state index contributed by atoms with van der Waals surface area (Å²) in [7, 11) is 1.91. The molecule has 1 aromatic rings. The Bertz CT molecular complexity index is 420. The molecule has 0 bridgehead atoms. The summed E-state index contributed by atoms with van der Waals surface area (Å²) in [5, 5.41) is 3.14. The second-order valence-electron chi connectivity index (χ2n) is 4.80. The van der Waals surface area contributed by atoms with Crippen LogP contribution >= 0.6 is 0 Å². The van der Waals surface area contributed by atoms with Crippen LogP contribution < -0.4 is 5.32 Å². The fourth-order valence-corrected chi connectivity index (χ4v) is 2.51. The Kier molecular flexibility index (Phi) is 4.31. The number of hydrogen-bond acceptors (Lipinski definition) is 2. The molecule has 98 valence electrons. The van der Waals surface area contributed by atoms with Gasteiger partial charge >= 0.3 is 0 Å². The maximum absolute atomic E-state index is 13.6. The van der Waals surface area contributed by atoms with Gasteiger partial charge in [-0.15, -0.1) is 0 Å². The molecule has 1 aromatic carbocycles. The zero-order valence-electron chi connectivity index (χ0n) is 10.7.